The fourth-order valence-corrected chi connectivity index (χ4v) is 3.02. The van der Waals surface area contributed by atoms with Crippen molar-refractivity contribution in [3.8, 4) is 11.5 Å². The third-order valence-electron chi connectivity index (χ3n) is 4.16. The van der Waals surface area contributed by atoms with Crippen LogP contribution in [0, 0.1) is 0 Å². The van der Waals surface area contributed by atoms with E-state index in [4.69, 9.17) is 15.2 Å². The Kier molecular flexibility index (Phi) is 4.50. The first-order valence-corrected chi connectivity index (χ1v) is 7.80. The highest BCUT2D eigenvalue weighted by Crippen LogP contribution is 2.32. The largest absolute Gasteiger partial charge is 0.454 e. The van der Waals surface area contributed by atoms with Crippen LogP contribution < -0.4 is 15.2 Å². The number of nitrogens with two attached hydrogens (primary N) is 1. The SMILES string of the molecule is NC(=O)C[C@@H]1CCCCN1C(=O)/C=C/c1ccc2c(c1)OCO2. The quantitative estimate of drug-likeness (QED) is 0.857. The second-order valence-corrected chi connectivity index (χ2v) is 5.80. The van der Waals surface area contributed by atoms with Crippen molar-refractivity contribution in [3.05, 3.63) is 29.8 Å². The predicted octanol–water partition coefficient (Wildman–Crippen LogP) is 1.68. The number of carbonyl (C=O) groups is 2. The van der Waals surface area contributed by atoms with Gasteiger partial charge in [0, 0.05) is 25.1 Å². The molecule has 23 heavy (non-hydrogen) atoms. The van der Waals surface area contributed by atoms with E-state index in [1.54, 1.807) is 11.0 Å². The van der Waals surface area contributed by atoms with E-state index in [1.807, 2.05) is 18.2 Å². The number of piperidine rings is 1. The molecule has 0 aliphatic carbocycles. The topological polar surface area (TPSA) is 81.9 Å². The van der Waals surface area contributed by atoms with Crippen molar-refractivity contribution in [1.82, 2.24) is 4.90 Å². The van der Waals surface area contributed by atoms with Crippen LogP contribution in [0.2, 0.25) is 0 Å². The Labute approximate surface area is 134 Å². The number of amides is 2. The highest BCUT2D eigenvalue weighted by atomic mass is 16.7. The number of carbonyl (C=O) groups excluding carboxylic acids is 2. The van der Waals surface area contributed by atoms with Gasteiger partial charge >= 0.3 is 0 Å². The Bertz CT molecular complexity index is 641. The minimum absolute atomic E-state index is 0.0878. The Hall–Kier alpha value is -2.50. The Morgan fingerprint density at radius 3 is 2.91 bits per heavy atom. The molecule has 2 heterocycles. The van der Waals surface area contributed by atoms with E-state index in [2.05, 4.69) is 0 Å². The van der Waals surface area contributed by atoms with Gasteiger partial charge in [-0.25, -0.2) is 0 Å². The zero-order chi connectivity index (χ0) is 16.2. The molecule has 6 nitrogen and oxygen atoms in total. The fourth-order valence-electron chi connectivity index (χ4n) is 3.02. The molecule has 0 radical (unpaired) electrons. The van der Waals surface area contributed by atoms with Crippen molar-refractivity contribution in [3.63, 3.8) is 0 Å². The molecule has 3 rings (SSSR count). The predicted molar refractivity (Wildman–Crippen MR) is 84.8 cm³/mol. The lowest BCUT2D eigenvalue weighted by molar-refractivity contribution is -0.130. The number of hydrogen-bond acceptors (Lipinski definition) is 4. The van der Waals surface area contributed by atoms with Gasteiger partial charge in [0.15, 0.2) is 11.5 Å². The summed E-state index contributed by atoms with van der Waals surface area (Å²) < 4.78 is 10.6. The molecule has 1 aromatic rings. The summed E-state index contributed by atoms with van der Waals surface area (Å²) in [6, 6.07) is 5.44. The maximum Gasteiger partial charge on any atom is 0.246 e. The van der Waals surface area contributed by atoms with Crippen molar-refractivity contribution >= 4 is 17.9 Å². The van der Waals surface area contributed by atoms with Gasteiger partial charge in [-0.15, -0.1) is 0 Å². The molecule has 1 aromatic carbocycles. The van der Waals surface area contributed by atoms with Crippen LogP contribution >= 0.6 is 0 Å². The number of likely N-dealkylation sites (tertiary alicyclic amines) is 1. The van der Waals surface area contributed by atoms with Crippen LogP contribution in [-0.2, 0) is 9.59 Å². The third-order valence-corrected chi connectivity index (χ3v) is 4.16. The number of nitrogens with zero attached hydrogens (tertiary/aromatic N) is 1. The van der Waals surface area contributed by atoms with E-state index in [0.29, 0.717) is 18.0 Å². The minimum atomic E-state index is -0.366. The summed E-state index contributed by atoms with van der Waals surface area (Å²) >= 11 is 0. The summed E-state index contributed by atoms with van der Waals surface area (Å²) in [5.74, 6) is 0.943. The second kappa shape index (κ2) is 6.73. The van der Waals surface area contributed by atoms with Gasteiger partial charge in [-0.2, -0.15) is 0 Å². The molecule has 1 fully saturated rings. The minimum Gasteiger partial charge on any atom is -0.454 e. The summed E-state index contributed by atoms with van der Waals surface area (Å²) in [4.78, 5) is 25.3. The second-order valence-electron chi connectivity index (χ2n) is 5.80. The molecule has 0 spiro atoms. The first-order chi connectivity index (χ1) is 11.1. The zero-order valence-corrected chi connectivity index (χ0v) is 12.9. The van der Waals surface area contributed by atoms with Crippen molar-refractivity contribution in [1.29, 1.82) is 0 Å². The Morgan fingerprint density at radius 2 is 2.09 bits per heavy atom. The molecule has 1 saturated heterocycles. The summed E-state index contributed by atoms with van der Waals surface area (Å²) in [7, 11) is 0. The fraction of sp³-hybridized carbons (Fsp3) is 0.412. The first kappa shape index (κ1) is 15.4. The number of ether oxygens (including phenoxy) is 2. The molecule has 2 N–H and O–H groups in total. The number of fused-ring (bicyclic) bond motifs is 1. The van der Waals surface area contributed by atoms with Crippen LogP contribution in [0.5, 0.6) is 11.5 Å². The highest BCUT2D eigenvalue weighted by molar-refractivity contribution is 5.92. The van der Waals surface area contributed by atoms with Crippen LogP contribution in [0.3, 0.4) is 0 Å². The lowest BCUT2D eigenvalue weighted by Gasteiger charge is -2.34. The van der Waals surface area contributed by atoms with E-state index in [1.165, 1.54) is 6.08 Å². The molecule has 2 aliphatic heterocycles. The normalized spacial score (nSPS) is 20.0. The van der Waals surface area contributed by atoms with Crippen LogP contribution in [-0.4, -0.2) is 36.1 Å². The van der Waals surface area contributed by atoms with E-state index in [9.17, 15) is 9.59 Å². The van der Waals surface area contributed by atoms with Crippen LogP contribution in [0.4, 0.5) is 0 Å². The van der Waals surface area contributed by atoms with Crippen LogP contribution in [0.25, 0.3) is 6.08 Å². The van der Waals surface area contributed by atoms with Gasteiger partial charge in [0.2, 0.25) is 18.6 Å². The van der Waals surface area contributed by atoms with E-state index in [-0.39, 0.29) is 31.1 Å². The summed E-state index contributed by atoms with van der Waals surface area (Å²) in [6.07, 6.45) is 6.32. The van der Waals surface area contributed by atoms with Crippen molar-refractivity contribution in [2.45, 2.75) is 31.7 Å². The maximum atomic E-state index is 12.4. The van der Waals surface area contributed by atoms with Crippen LogP contribution in [0.15, 0.2) is 24.3 Å². The Morgan fingerprint density at radius 1 is 1.26 bits per heavy atom. The lowest BCUT2D eigenvalue weighted by atomic mass is 9.99. The average molecular weight is 316 g/mol. The van der Waals surface area contributed by atoms with E-state index in [0.717, 1.165) is 24.8 Å². The van der Waals surface area contributed by atoms with Gasteiger partial charge in [-0.05, 0) is 43.0 Å². The van der Waals surface area contributed by atoms with Gasteiger partial charge in [-0.3, -0.25) is 9.59 Å². The van der Waals surface area contributed by atoms with Gasteiger partial charge in [0.1, 0.15) is 0 Å². The standard InChI is InChI=1S/C17H20N2O4/c18-16(20)10-13-3-1-2-8-19(13)17(21)7-5-12-4-6-14-15(9-12)23-11-22-14/h4-7,9,13H,1-3,8,10-11H2,(H2,18,20)/b7-5+/t13-/m0/s1. The molecule has 0 unspecified atom stereocenters. The molecular weight excluding hydrogens is 296 g/mol. The number of benzene rings is 1. The number of rotatable bonds is 4. The molecule has 6 heteroatoms. The average Bonchev–Trinajstić information content (AvgIpc) is 3.00. The molecule has 2 amide bonds. The Balaban J connectivity index is 1.68. The van der Waals surface area contributed by atoms with Crippen molar-refractivity contribution < 1.29 is 19.1 Å². The van der Waals surface area contributed by atoms with Crippen molar-refractivity contribution in [2.75, 3.05) is 13.3 Å². The lowest BCUT2D eigenvalue weighted by Crippen LogP contribution is -2.44. The summed E-state index contributed by atoms with van der Waals surface area (Å²) in [6.45, 7) is 0.895. The molecule has 122 valence electrons. The number of primary amides is 1. The molecule has 0 aromatic heterocycles. The van der Waals surface area contributed by atoms with E-state index >= 15 is 0 Å². The first-order valence-electron chi connectivity index (χ1n) is 7.80. The summed E-state index contributed by atoms with van der Waals surface area (Å²) in [5, 5.41) is 0. The molecule has 0 bridgehead atoms. The van der Waals surface area contributed by atoms with Gasteiger partial charge in [0.05, 0.1) is 0 Å². The third kappa shape index (κ3) is 3.64. The van der Waals surface area contributed by atoms with Gasteiger partial charge in [-0.1, -0.05) is 6.07 Å². The molecular formula is C17H20N2O4. The zero-order valence-electron chi connectivity index (χ0n) is 12.9. The molecule has 2 aliphatic rings. The maximum absolute atomic E-state index is 12.4. The smallest absolute Gasteiger partial charge is 0.246 e. The van der Waals surface area contributed by atoms with E-state index < -0.39 is 0 Å². The monoisotopic (exact) mass is 316 g/mol. The molecule has 0 saturated carbocycles. The highest BCUT2D eigenvalue weighted by Gasteiger charge is 2.26. The molecule has 1 atom stereocenters. The van der Waals surface area contributed by atoms with Crippen molar-refractivity contribution in [2.24, 2.45) is 5.73 Å². The number of hydrogen-bond donors (Lipinski definition) is 1. The van der Waals surface area contributed by atoms with Gasteiger partial charge in [0.25, 0.3) is 0 Å². The van der Waals surface area contributed by atoms with Crippen LogP contribution in [0.1, 0.15) is 31.2 Å². The summed E-state index contributed by atoms with van der Waals surface area (Å²) in [5.41, 5.74) is 6.15. The van der Waals surface area contributed by atoms with Gasteiger partial charge < -0.3 is 20.1 Å².